The van der Waals surface area contributed by atoms with Gasteiger partial charge in [-0.05, 0) is 0 Å². The predicted molar refractivity (Wildman–Crippen MR) is 44.7 cm³/mol. The fourth-order valence-corrected chi connectivity index (χ4v) is 0.473. The number of aliphatic hydroxyl groups is 1. The zero-order valence-corrected chi connectivity index (χ0v) is 9.79. The van der Waals surface area contributed by atoms with E-state index in [9.17, 15) is 0 Å². The SMILES string of the molecule is C=C/C=C\C(=C)C(C)CO.[Y]. The smallest absolute Gasteiger partial charge is 0.0496 e. The van der Waals surface area contributed by atoms with Crippen LogP contribution in [0, 0.1) is 5.92 Å². The Kier molecular flexibility index (Phi) is 10.5. The summed E-state index contributed by atoms with van der Waals surface area (Å²) in [5.74, 6) is 0.149. The Bertz CT molecular complexity index is 150. The van der Waals surface area contributed by atoms with Crippen molar-refractivity contribution < 1.29 is 37.8 Å². The Morgan fingerprint density at radius 1 is 1.64 bits per heavy atom. The maximum atomic E-state index is 8.68. The van der Waals surface area contributed by atoms with E-state index in [1.165, 1.54) is 0 Å². The zero-order chi connectivity index (χ0) is 7.98. The van der Waals surface area contributed by atoms with Gasteiger partial charge in [0.1, 0.15) is 0 Å². The summed E-state index contributed by atoms with van der Waals surface area (Å²) in [7, 11) is 0. The van der Waals surface area contributed by atoms with Crippen molar-refractivity contribution in [2.75, 3.05) is 6.61 Å². The molecule has 0 fully saturated rings. The van der Waals surface area contributed by atoms with E-state index in [-0.39, 0.29) is 45.2 Å². The fraction of sp³-hybridized carbons (Fsp3) is 0.333. The summed E-state index contributed by atoms with van der Waals surface area (Å²) in [5, 5.41) is 8.68. The first-order valence-corrected chi connectivity index (χ1v) is 3.31. The van der Waals surface area contributed by atoms with E-state index in [1.54, 1.807) is 6.08 Å². The molecule has 1 N–H and O–H groups in total. The summed E-state index contributed by atoms with van der Waals surface area (Å²) in [4.78, 5) is 0. The van der Waals surface area contributed by atoms with Gasteiger partial charge >= 0.3 is 0 Å². The summed E-state index contributed by atoms with van der Waals surface area (Å²) in [5.41, 5.74) is 0.933. The van der Waals surface area contributed by atoms with Gasteiger partial charge in [-0.25, -0.2) is 0 Å². The molecule has 1 atom stereocenters. The zero-order valence-electron chi connectivity index (χ0n) is 6.96. The predicted octanol–water partition coefficient (Wildman–Crippen LogP) is 1.91. The van der Waals surface area contributed by atoms with Crippen molar-refractivity contribution in [2.45, 2.75) is 6.92 Å². The average molecular weight is 227 g/mol. The van der Waals surface area contributed by atoms with Crippen molar-refractivity contribution in [1.82, 2.24) is 0 Å². The van der Waals surface area contributed by atoms with Crippen molar-refractivity contribution in [3.63, 3.8) is 0 Å². The first-order chi connectivity index (χ1) is 4.72. The fourth-order valence-electron chi connectivity index (χ4n) is 0.473. The van der Waals surface area contributed by atoms with Gasteiger partial charge in [-0.15, -0.1) is 0 Å². The van der Waals surface area contributed by atoms with Gasteiger partial charge in [0.05, 0.1) is 0 Å². The van der Waals surface area contributed by atoms with Gasteiger partial charge in [0.25, 0.3) is 0 Å². The molecule has 1 radical (unpaired) electrons. The van der Waals surface area contributed by atoms with Gasteiger partial charge in [0.2, 0.25) is 0 Å². The minimum Gasteiger partial charge on any atom is -0.396 e. The average Bonchev–Trinajstić information content (AvgIpc) is 1.98. The summed E-state index contributed by atoms with van der Waals surface area (Å²) >= 11 is 0. The number of hydrogen-bond acceptors (Lipinski definition) is 1. The molecule has 0 aliphatic heterocycles. The van der Waals surface area contributed by atoms with Gasteiger partial charge in [0, 0.05) is 45.2 Å². The van der Waals surface area contributed by atoms with Crippen molar-refractivity contribution >= 4 is 0 Å². The van der Waals surface area contributed by atoms with E-state index >= 15 is 0 Å². The van der Waals surface area contributed by atoms with Crippen LogP contribution in [0.4, 0.5) is 0 Å². The molecule has 1 nitrogen and oxygen atoms in total. The molecule has 0 saturated carbocycles. The normalized spacial score (nSPS) is 12.2. The van der Waals surface area contributed by atoms with Crippen molar-refractivity contribution in [3.8, 4) is 0 Å². The van der Waals surface area contributed by atoms with Gasteiger partial charge < -0.3 is 5.11 Å². The second-order valence-electron chi connectivity index (χ2n) is 2.25. The Morgan fingerprint density at radius 3 is 2.55 bits per heavy atom. The van der Waals surface area contributed by atoms with E-state index < -0.39 is 0 Å². The topological polar surface area (TPSA) is 20.2 Å². The number of hydrogen-bond donors (Lipinski definition) is 1. The molecule has 0 rings (SSSR count). The molecular formula is C9H14OY. The Hall–Kier alpha value is 0.284. The summed E-state index contributed by atoms with van der Waals surface area (Å²) in [6.07, 6.45) is 5.36. The van der Waals surface area contributed by atoms with Crippen LogP contribution in [0.2, 0.25) is 0 Å². The molecule has 0 saturated heterocycles. The van der Waals surface area contributed by atoms with Gasteiger partial charge in [-0.3, -0.25) is 0 Å². The Balaban J connectivity index is 0. The molecule has 2 heteroatoms. The van der Waals surface area contributed by atoms with Gasteiger partial charge in [-0.1, -0.05) is 43.9 Å². The molecule has 59 valence electrons. The third-order valence-electron chi connectivity index (χ3n) is 1.35. The molecule has 0 aromatic rings. The van der Waals surface area contributed by atoms with Crippen LogP contribution in [0.3, 0.4) is 0 Å². The van der Waals surface area contributed by atoms with Crippen LogP contribution in [-0.4, -0.2) is 11.7 Å². The van der Waals surface area contributed by atoms with E-state index in [4.69, 9.17) is 5.11 Å². The van der Waals surface area contributed by atoms with E-state index in [1.807, 2.05) is 19.1 Å². The second-order valence-corrected chi connectivity index (χ2v) is 2.25. The van der Waals surface area contributed by atoms with E-state index in [0.29, 0.717) is 0 Å². The Morgan fingerprint density at radius 2 is 2.18 bits per heavy atom. The molecule has 0 aromatic carbocycles. The van der Waals surface area contributed by atoms with Crippen LogP contribution in [0.15, 0.2) is 37.0 Å². The largest absolute Gasteiger partial charge is 0.396 e. The van der Waals surface area contributed by atoms with Gasteiger partial charge in [0.15, 0.2) is 0 Å². The number of rotatable bonds is 4. The van der Waals surface area contributed by atoms with Crippen LogP contribution in [-0.2, 0) is 32.7 Å². The van der Waals surface area contributed by atoms with Gasteiger partial charge in [-0.2, -0.15) is 0 Å². The standard InChI is InChI=1S/C9H14O.Y/c1-4-5-6-8(2)9(3)7-10;/h4-6,9-10H,1-2,7H2,3H3;/b6-5-;. The molecule has 0 aromatic heterocycles. The second kappa shape index (κ2) is 8.38. The van der Waals surface area contributed by atoms with Crippen LogP contribution in [0.25, 0.3) is 0 Å². The molecule has 0 amide bonds. The third-order valence-corrected chi connectivity index (χ3v) is 1.35. The third kappa shape index (κ3) is 6.67. The van der Waals surface area contributed by atoms with Crippen LogP contribution in [0.1, 0.15) is 6.92 Å². The minimum absolute atomic E-state index is 0. The summed E-state index contributed by atoms with van der Waals surface area (Å²) < 4.78 is 0. The first-order valence-electron chi connectivity index (χ1n) is 3.31. The van der Waals surface area contributed by atoms with E-state index in [2.05, 4.69) is 13.2 Å². The number of aliphatic hydroxyl groups excluding tert-OH is 1. The maximum Gasteiger partial charge on any atom is 0.0496 e. The monoisotopic (exact) mass is 227 g/mol. The molecular weight excluding hydrogens is 213 g/mol. The molecule has 0 spiro atoms. The maximum absolute atomic E-state index is 8.68. The van der Waals surface area contributed by atoms with Crippen molar-refractivity contribution in [3.05, 3.63) is 37.0 Å². The molecule has 1 unspecified atom stereocenters. The van der Waals surface area contributed by atoms with Crippen molar-refractivity contribution in [1.29, 1.82) is 0 Å². The molecule has 0 aliphatic rings. The first kappa shape index (κ1) is 13.8. The molecule has 0 bridgehead atoms. The number of allylic oxidation sites excluding steroid dienone is 3. The quantitative estimate of drug-likeness (QED) is 0.727. The van der Waals surface area contributed by atoms with Crippen LogP contribution < -0.4 is 0 Å². The molecule has 11 heavy (non-hydrogen) atoms. The minimum atomic E-state index is 0. The Labute approximate surface area is 93.8 Å². The van der Waals surface area contributed by atoms with Crippen LogP contribution in [0.5, 0.6) is 0 Å². The summed E-state index contributed by atoms with van der Waals surface area (Å²) in [6, 6.07) is 0. The molecule has 0 heterocycles. The molecule has 0 aliphatic carbocycles. The van der Waals surface area contributed by atoms with Crippen LogP contribution >= 0.6 is 0 Å². The van der Waals surface area contributed by atoms with Crippen molar-refractivity contribution in [2.24, 2.45) is 5.92 Å². The van der Waals surface area contributed by atoms with E-state index in [0.717, 1.165) is 5.57 Å². The summed E-state index contributed by atoms with van der Waals surface area (Å²) in [6.45, 7) is 9.38.